The van der Waals surface area contributed by atoms with E-state index in [-0.39, 0.29) is 11.3 Å². The molecule has 1 atom stereocenters. The second-order valence-electron chi connectivity index (χ2n) is 6.55. The van der Waals surface area contributed by atoms with Crippen LogP contribution in [0.5, 0.6) is 0 Å². The Kier molecular flexibility index (Phi) is 6.21. The maximum absolute atomic E-state index is 12.8. The Labute approximate surface area is 169 Å². The molecule has 2 heterocycles. The molecule has 7 heteroatoms. The van der Waals surface area contributed by atoms with Gasteiger partial charge in [-0.1, -0.05) is 37.6 Å². The number of likely N-dealkylation sites (N-methyl/N-ethyl adjacent to an activating group) is 1. The highest BCUT2D eigenvalue weighted by Gasteiger charge is 2.47. The van der Waals surface area contributed by atoms with Crippen LogP contribution in [0.25, 0.3) is 5.76 Å². The molecule has 0 radical (unpaired) electrons. The van der Waals surface area contributed by atoms with Crippen LogP contribution in [0.3, 0.4) is 0 Å². The number of nitrogens with zero attached hydrogens (tertiary/aromatic N) is 2. The molecule has 0 saturated carbocycles. The highest BCUT2D eigenvalue weighted by atomic mass is 35.5. The lowest BCUT2D eigenvalue weighted by atomic mass is 9.99. The minimum absolute atomic E-state index is 0.0155. The first-order valence-corrected chi connectivity index (χ1v) is 9.65. The summed E-state index contributed by atoms with van der Waals surface area (Å²) in [6.45, 7) is 6.74. The Balaban J connectivity index is 2.04. The highest BCUT2D eigenvalue weighted by Crippen LogP contribution is 2.39. The van der Waals surface area contributed by atoms with Crippen LogP contribution in [0.15, 0.2) is 52.7 Å². The van der Waals surface area contributed by atoms with Crippen molar-refractivity contribution < 1.29 is 19.1 Å². The average molecular weight is 403 g/mol. The van der Waals surface area contributed by atoms with Crippen LogP contribution in [0.2, 0.25) is 5.02 Å². The molecule has 1 saturated heterocycles. The third-order valence-corrected chi connectivity index (χ3v) is 5.24. The van der Waals surface area contributed by atoms with Gasteiger partial charge >= 0.3 is 0 Å². The second kappa shape index (κ2) is 8.63. The molecule has 3 rings (SSSR count). The Bertz CT molecular complexity index is 888. The maximum atomic E-state index is 12.8. The summed E-state index contributed by atoms with van der Waals surface area (Å²) in [5.74, 6) is -1.19. The monoisotopic (exact) mass is 402 g/mol. The lowest BCUT2D eigenvalue weighted by Gasteiger charge is -2.26. The normalized spacial score (nSPS) is 19.0. The van der Waals surface area contributed by atoms with E-state index < -0.39 is 17.7 Å². The molecule has 1 N–H and O–H groups in total. The quantitative estimate of drug-likeness (QED) is 0.434. The van der Waals surface area contributed by atoms with Crippen molar-refractivity contribution in [2.45, 2.75) is 19.9 Å². The molecule has 148 valence electrons. The molecule has 28 heavy (non-hydrogen) atoms. The Hall–Kier alpha value is -2.57. The third-order valence-electron chi connectivity index (χ3n) is 5.00. The fourth-order valence-corrected chi connectivity index (χ4v) is 3.62. The summed E-state index contributed by atoms with van der Waals surface area (Å²) in [6, 6.07) is 9.17. The first-order chi connectivity index (χ1) is 13.5. The number of ketones is 1. The second-order valence-corrected chi connectivity index (χ2v) is 6.98. The zero-order valence-electron chi connectivity index (χ0n) is 15.9. The summed E-state index contributed by atoms with van der Waals surface area (Å²) in [5, 5.41) is 11.3. The topological polar surface area (TPSA) is 74.0 Å². The van der Waals surface area contributed by atoms with Gasteiger partial charge in [0.25, 0.3) is 11.7 Å². The van der Waals surface area contributed by atoms with Gasteiger partial charge in [0.1, 0.15) is 17.6 Å². The maximum Gasteiger partial charge on any atom is 0.295 e. The molecule has 0 spiro atoms. The predicted molar refractivity (Wildman–Crippen MR) is 107 cm³/mol. The minimum Gasteiger partial charge on any atom is -0.507 e. The van der Waals surface area contributed by atoms with E-state index in [1.807, 2.05) is 13.8 Å². The van der Waals surface area contributed by atoms with E-state index >= 15 is 0 Å². The van der Waals surface area contributed by atoms with Gasteiger partial charge in [-0.15, -0.1) is 0 Å². The van der Waals surface area contributed by atoms with Crippen LogP contribution in [-0.4, -0.2) is 52.8 Å². The molecule has 0 bridgehead atoms. The Morgan fingerprint density at radius 3 is 2.57 bits per heavy atom. The summed E-state index contributed by atoms with van der Waals surface area (Å²) in [6.07, 6.45) is 1.49. The largest absolute Gasteiger partial charge is 0.507 e. The van der Waals surface area contributed by atoms with E-state index in [2.05, 4.69) is 4.90 Å². The van der Waals surface area contributed by atoms with Crippen molar-refractivity contribution in [3.63, 3.8) is 0 Å². The molecule has 1 unspecified atom stereocenters. The summed E-state index contributed by atoms with van der Waals surface area (Å²) < 4.78 is 5.51. The number of aliphatic hydroxyl groups excluding tert-OH is 1. The van der Waals surface area contributed by atoms with Crippen LogP contribution >= 0.6 is 11.6 Å². The zero-order chi connectivity index (χ0) is 20.3. The number of hydrogen-bond acceptors (Lipinski definition) is 5. The van der Waals surface area contributed by atoms with Gasteiger partial charge in [-0.3, -0.25) is 9.59 Å². The fraction of sp³-hybridized carbons (Fsp3) is 0.333. The summed E-state index contributed by atoms with van der Waals surface area (Å²) >= 11 is 6.02. The van der Waals surface area contributed by atoms with E-state index in [0.29, 0.717) is 29.4 Å². The van der Waals surface area contributed by atoms with Gasteiger partial charge in [-0.25, -0.2) is 0 Å². The standard InChI is InChI=1S/C21H23ClN2O4/c1-3-23(4-2)10-11-24-18(16-9-6-12-28-16)17(20(26)21(24)27)19(25)14-7-5-8-15(22)13-14/h5-9,12-13,18,25H,3-4,10-11H2,1-2H3/b19-17-. The van der Waals surface area contributed by atoms with Crippen molar-refractivity contribution in [3.8, 4) is 0 Å². The first kappa shape index (κ1) is 20.2. The van der Waals surface area contributed by atoms with E-state index in [1.165, 1.54) is 11.2 Å². The lowest BCUT2D eigenvalue weighted by molar-refractivity contribution is -0.140. The van der Waals surface area contributed by atoms with E-state index in [4.69, 9.17) is 16.0 Å². The number of carbonyl (C=O) groups is 2. The number of likely N-dealkylation sites (tertiary alicyclic amines) is 1. The number of hydrogen-bond donors (Lipinski definition) is 1. The van der Waals surface area contributed by atoms with Crippen LogP contribution in [-0.2, 0) is 9.59 Å². The molecule has 6 nitrogen and oxygen atoms in total. The molecular formula is C21H23ClN2O4. The molecule has 2 aromatic rings. The smallest absolute Gasteiger partial charge is 0.295 e. The van der Waals surface area contributed by atoms with Crippen LogP contribution < -0.4 is 0 Å². The van der Waals surface area contributed by atoms with E-state index in [0.717, 1.165) is 13.1 Å². The van der Waals surface area contributed by atoms with Gasteiger partial charge in [0.05, 0.1) is 11.8 Å². The van der Waals surface area contributed by atoms with Crippen molar-refractivity contribution in [1.29, 1.82) is 0 Å². The van der Waals surface area contributed by atoms with Gasteiger partial charge in [0.15, 0.2) is 0 Å². The number of carbonyl (C=O) groups excluding carboxylic acids is 2. The van der Waals surface area contributed by atoms with Crippen LogP contribution in [0.4, 0.5) is 0 Å². The minimum atomic E-state index is -0.774. The van der Waals surface area contributed by atoms with Crippen molar-refractivity contribution in [2.24, 2.45) is 0 Å². The first-order valence-electron chi connectivity index (χ1n) is 9.28. The summed E-state index contributed by atoms with van der Waals surface area (Å²) in [4.78, 5) is 29.2. The Morgan fingerprint density at radius 1 is 1.21 bits per heavy atom. The van der Waals surface area contributed by atoms with Gasteiger partial charge in [0.2, 0.25) is 0 Å². The van der Waals surface area contributed by atoms with E-state index in [1.54, 1.807) is 36.4 Å². The van der Waals surface area contributed by atoms with Crippen LogP contribution in [0, 0.1) is 0 Å². The number of furan rings is 1. The molecule has 1 aliphatic rings. The lowest BCUT2D eigenvalue weighted by Crippen LogP contribution is -2.37. The third kappa shape index (κ3) is 3.84. The highest BCUT2D eigenvalue weighted by molar-refractivity contribution is 6.46. The SMILES string of the molecule is CCN(CC)CCN1C(=O)C(=O)/C(=C(\O)c2cccc(Cl)c2)C1c1ccco1. The van der Waals surface area contributed by atoms with Gasteiger partial charge in [-0.2, -0.15) is 0 Å². The summed E-state index contributed by atoms with van der Waals surface area (Å²) in [5.41, 5.74) is 0.396. The number of halogens is 1. The van der Waals surface area contributed by atoms with Gasteiger partial charge < -0.3 is 19.3 Å². The molecule has 1 amide bonds. The Morgan fingerprint density at radius 2 is 1.96 bits per heavy atom. The number of Topliss-reactive ketones (excluding diaryl/α,β-unsaturated/α-hetero) is 1. The zero-order valence-corrected chi connectivity index (χ0v) is 16.6. The molecular weight excluding hydrogens is 380 g/mol. The number of rotatable bonds is 7. The number of benzene rings is 1. The fourth-order valence-electron chi connectivity index (χ4n) is 3.43. The van der Waals surface area contributed by atoms with Gasteiger partial charge in [-0.05, 0) is 37.4 Å². The van der Waals surface area contributed by atoms with Crippen molar-refractivity contribution in [3.05, 3.63) is 64.6 Å². The molecule has 1 aliphatic heterocycles. The van der Waals surface area contributed by atoms with E-state index in [9.17, 15) is 14.7 Å². The molecule has 1 aromatic carbocycles. The number of amides is 1. The molecule has 0 aliphatic carbocycles. The van der Waals surface area contributed by atoms with Crippen molar-refractivity contribution in [1.82, 2.24) is 9.80 Å². The van der Waals surface area contributed by atoms with Crippen molar-refractivity contribution in [2.75, 3.05) is 26.2 Å². The van der Waals surface area contributed by atoms with Gasteiger partial charge in [0, 0.05) is 23.7 Å². The predicted octanol–water partition coefficient (Wildman–Crippen LogP) is 3.70. The van der Waals surface area contributed by atoms with Crippen molar-refractivity contribution >= 4 is 29.1 Å². The average Bonchev–Trinajstić information content (AvgIpc) is 3.30. The van der Waals surface area contributed by atoms with Crippen LogP contribution in [0.1, 0.15) is 31.2 Å². The number of aliphatic hydroxyl groups is 1. The molecule has 1 aromatic heterocycles. The molecule has 1 fully saturated rings. The summed E-state index contributed by atoms with van der Waals surface area (Å²) in [7, 11) is 0.